The molecule has 0 unspecified atom stereocenters. The third-order valence-corrected chi connectivity index (χ3v) is 5.71. The minimum absolute atomic E-state index is 0.000833. The van der Waals surface area contributed by atoms with Crippen molar-refractivity contribution in [2.24, 2.45) is 0 Å². The highest BCUT2D eigenvalue weighted by Crippen LogP contribution is 2.30. The van der Waals surface area contributed by atoms with Crippen LogP contribution >= 0.6 is 0 Å². The molecular formula is C23H24F3N5O3. The molecule has 0 spiro atoms. The van der Waals surface area contributed by atoms with Crippen molar-refractivity contribution in [2.45, 2.75) is 31.5 Å². The second-order valence-electron chi connectivity index (χ2n) is 8.15. The van der Waals surface area contributed by atoms with E-state index in [-0.39, 0.29) is 5.91 Å². The van der Waals surface area contributed by atoms with Gasteiger partial charge in [-0.2, -0.15) is 13.2 Å². The van der Waals surface area contributed by atoms with Gasteiger partial charge in [0.2, 0.25) is 0 Å². The molecule has 0 aliphatic carbocycles. The van der Waals surface area contributed by atoms with E-state index >= 15 is 0 Å². The van der Waals surface area contributed by atoms with Crippen LogP contribution in [0.3, 0.4) is 0 Å². The number of carbonyl (C=O) groups is 2. The van der Waals surface area contributed by atoms with Gasteiger partial charge in [0.1, 0.15) is 5.82 Å². The van der Waals surface area contributed by atoms with Crippen LogP contribution in [0.15, 0.2) is 36.4 Å². The van der Waals surface area contributed by atoms with Crippen LogP contribution in [0.4, 0.5) is 19.0 Å². The van der Waals surface area contributed by atoms with Crippen molar-refractivity contribution in [3.05, 3.63) is 47.7 Å². The van der Waals surface area contributed by atoms with Crippen LogP contribution in [0, 0.1) is 0 Å². The summed E-state index contributed by atoms with van der Waals surface area (Å²) in [6, 6.07) is 12.7. The standard InChI is InChI=1S/C21H23N5O.C2HF3O2/c27-21-16-11-18(25-17(16)8-10-23-21)15-5-1-3-13-6-7-19(26-20(13)15)24-14-4-2-9-22-12-14;3-2(4,5)1(6)7/h1,3,5-7,11,14,22,25H,2,4,8-10,12H2,(H,23,27)(H,24,26);(H,6,7)/t14-;/m0./s1. The monoisotopic (exact) mass is 475 g/mol. The maximum absolute atomic E-state index is 12.1. The molecule has 1 atom stereocenters. The van der Waals surface area contributed by atoms with E-state index in [1.54, 1.807) is 0 Å². The first kappa shape index (κ1) is 23.6. The molecule has 5 N–H and O–H groups in total. The SMILES string of the molecule is O=C(O)C(F)(F)F.O=C1NCCc2[nH]c(-c3cccc4ccc(N[C@H]5CCCNC5)nc34)cc21. The van der Waals surface area contributed by atoms with Crippen molar-refractivity contribution >= 4 is 28.6 Å². The van der Waals surface area contributed by atoms with Gasteiger partial charge in [-0.3, -0.25) is 4.79 Å². The minimum Gasteiger partial charge on any atom is -0.475 e. The highest BCUT2D eigenvalue weighted by atomic mass is 19.4. The Labute approximate surface area is 193 Å². The van der Waals surface area contributed by atoms with E-state index in [0.29, 0.717) is 12.6 Å². The van der Waals surface area contributed by atoms with Crippen LogP contribution in [0.1, 0.15) is 28.9 Å². The van der Waals surface area contributed by atoms with E-state index in [0.717, 1.165) is 65.2 Å². The number of aliphatic carboxylic acids is 1. The third-order valence-electron chi connectivity index (χ3n) is 5.71. The van der Waals surface area contributed by atoms with Crippen LogP contribution in [0.25, 0.3) is 22.2 Å². The molecule has 8 nitrogen and oxygen atoms in total. The number of rotatable bonds is 3. The average molecular weight is 475 g/mol. The first-order valence-corrected chi connectivity index (χ1v) is 10.9. The van der Waals surface area contributed by atoms with E-state index < -0.39 is 12.1 Å². The summed E-state index contributed by atoms with van der Waals surface area (Å²) in [5.74, 6) is -1.86. The Morgan fingerprint density at radius 2 is 1.94 bits per heavy atom. The van der Waals surface area contributed by atoms with Gasteiger partial charge >= 0.3 is 12.1 Å². The Bertz CT molecular complexity index is 1200. The number of pyridine rings is 1. The van der Waals surface area contributed by atoms with Crippen molar-refractivity contribution in [1.82, 2.24) is 20.6 Å². The quantitative estimate of drug-likeness (QED) is 0.397. The van der Waals surface area contributed by atoms with Crippen molar-refractivity contribution in [3.8, 4) is 11.3 Å². The summed E-state index contributed by atoms with van der Waals surface area (Å²) in [5.41, 5.74) is 4.68. The summed E-state index contributed by atoms with van der Waals surface area (Å²) in [7, 11) is 0. The summed E-state index contributed by atoms with van der Waals surface area (Å²) < 4.78 is 31.7. The lowest BCUT2D eigenvalue weighted by Crippen LogP contribution is -2.38. The lowest BCUT2D eigenvalue weighted by molar-refractivity contribution is -0.192. The molecule has 1 saturated heterocycles. The number of carbonyl (C=O) groups excluding carboxylic acids is 1. The van der Waals surface area contributed by atoms with Crippen LogP contribution in [0.2, 0.25) is 0 Å². The Hall–Kier alpha value is -3.60. The Balaban J connectivity index is 0.000000344. The molecule has 0 radical (unpaired) electrons. The summed E-state index contributed by atoms with van der Waals surface area (Å²) in [5, 5.41) is 18.1. The van der Waals surface area contributed by atoms with Gasteiger partial charge in [0.05, 0.1) is 11.1 Å². The fourth-order valence-electron chi connectivity index (χ4n) is 4.07. The summed E-state index contributed by atoms with van der Waals surface area (Å²) in [6.07, 6.45) is -1.90. The molecule has 0 saturated carbocycles. The Kier molecular flexibility index (Phi) is 6.73. The summed E-state index contributed by atoms with van der Waals surface area (Å²) >= 11 is 0. The van der Waals surface area contributed by atoms with E-state index in [1.807, 2.05) is 18.2 Å². The van der Waals surface area contributed by atoms with E-state index in [4.69, 9.17) is 14.9 Å². The number of nitrogens with one attached hydrogen (secondary N) is 4. The number of halogens is 3. The van der Waals surface area contributed by atoms with Gasteiger partial charge < -0.3 is 26.0 Å². The molecule has 3 aromatic rings. The fourth-order valence-corrected chi connectivity index (χ4v) is 4.07. The number of carboxylic acids is 1. The van der Waals surface area contributed by atoms with Gasteiger partial charge in [-0.25, -0.2) is 9.78 Å². The van der Waals surface area contributed by atoms with Crippen LogP contribution < -0.4 is 16.0 Å². The predicted octanol–water partition coefficient (Wildman–Crippen LogP) is 3.31. The van der Waals surface area contributed by atoms with Crippen LogP contribution in [-0.2, 0) is 11.2 Å². The lowest BCUT2D eigenvalue weighted by Gasteiger charge is -2.24. The number of aromatic amines is 1. The zero-order valence-electron chi connectivity index (χ0n) is 18.1. The fraction of sp³-hybridized carbons (Fsp3) is 0.348. The number of carboxylic acid groups (broad SMARTS) is 1. The highest BCUT2D eigenvalue weighted by molar-refractivity contribution is 6.00. The number of benzene rings is 1. The topological polar surface area (TPSA) is 119 Å². The zero-order valence-corrected chi connectivity index (χ0v) is 18.1. The van der Waals surface area contributed by atoms with Gasteiger partial charge in [0.25, 0.3) is 5.91 Å². The van der Waals surface area contributed by atoms with Crippen molar-refractivity contribution in [3.63, 3.8) is 0 Å². The summed E-state index contributed by atoms with van der Waals surface area (Å²) in [4.78, 5) is 29.4. The predicted molar refractivity (Wildman–Crippen MR) is 121 cm³/mol. The molecule has 2 aromatic heterocycles. The number of nitrogens with zero attached hydrogens (tertiary/aromatic N) is 1. The van der Waals surface area contributed by atoms with Gasteiger partial charge in [-0.05, 0) is 37.6 Å². The number of fused-ring (bicyclic) bond motifs is 2. The molecule has 1 fully saturated rings. The number of H-pyrrole nitrogens is 1. The molecule has 2 aliphatic rings. The Morgan fingerprint density at radius 1 is 1.15 bits per heavy atom. The van der Waals surface area contributed by atoms with E-state index in [1.165, 1.54) is 6.42 Å². The first-order chi connectivity index (χ1) is 16.2. The van der Waals surface area contributed by atoms with Crippen LogP contribution in [0.5, 0.6) is 0 Å². The molecule has 1 amide bonds. The number of alkyl halides is 3. The minimum atomic E-state index is -5.08. The maximum Gasteiger partial charge on any atom is 0.490 e. The number of amides is 1. The molecule has 1 aromatic carbocycles. The molecule has 2 aliphatic heterocycles. The molecule has 5 rings (SSSR count). The van der Waals surface area contributed by atoms with E-state index in [9.17, 15) is 18.0 Å². The van der Waals surface area contributed by atoms with Crippen molar-refractivity contribution in [1.29, 1.82) is 0 Å². The molecule has 11 heteroatoms. The molecular weight excluding hydrogens is 451 g/mol. The number of anilines is 1. The molecule has 180 valence electrons. The zero-order chi connectivity index (χ0) is 24.3. The lowest BCUT2D eigenvalue weighted by atomic mass is 10.1. The van der Waals surface area contributed by atoms with Crippen molar-refractivity contribution in [2.75, 3.05) is 25.0 Å². The second-order valence-corrected chi connectivity index (χ2v) is 8.15. The number of para-hydroxylation sites is 1. The van der Waals surface area contributed by atoms with E-state index in [2.05, 4.69) is 39.1 Å². The van der Waals surface area contributed by atoms with Gasteiger partial charge in [0.15, 0.2) is 0 Å². The molecule has 4 heterocycles. The van der Waals surface area contributed by atoms with Gasteiger partial charge in [-0.15, -0.1) is 0 Å². The molecule has 34 heavy (non-hydrogen) atoms. The highest BCUT2D eigenvalue weighted by Gasteiger charge is 2.38. The first-order valence-electron chi connectivity index (χ1n) is 10.9. The number of hydrogen-bond acceptors (Lipinski definition) is 5. The average Bonchev–Trinajstić information content (AvgIpc) is 3.25. The number of aromatic nitrogens is 2. The van der Waals surface area contributed by atoms with Gasteiger partial charge in [0, 0.05) is 47.9 Å². The number of hydrogen-bond donors (Lipinski definition) is 5. The van der Waals surface area contributed by atoms with Crippen LogP contribution in [-0.4, -0.2) is 58.8 Å². The largest absolute Gasteiger partial charge is 0.490 e. The normalized spacial score (nSPS) is 17.9. The Morgan fingerprint density at radius 3 is 2.62 bits per heavy atom. The summed E-state index contributed by atoms with van der Waals surface area (Å²) in [6.45, 7) is 2.75. The third kappa shape index (κ3) is 5.30. The van der Waals surface area contributed by atoms with Crippen molar-refractivity contribution < 1.29 is 27.9 Å². The molecule has 0 bridgehead atoms. The van der Waals surface area contributed by atoms with Gasteiger partial charge in [-0.1, -0.05) is 18.2 Å². The maximum atomic E-state index is 12.1. The second kappa shape index (κ2) is 9.72. The smallest absolute Gasteiger partial charge is 0.475 e. The number of piperidine rings is 1.